The van der Waals surface area contributed by atoms with E-state index in [1.54, 1.807) is 6.92 Å². The Labute approximate surface area is 103 Å². The van der Waals surface area contributed by atoms with Gasteiger partial charge in [-0.15, -0.1) is 10.2 Å². The van der Waals surface area contributed by atoms with Crippen molar-refractivity contribution in [3.63, 3.8) is 0 Å². The van der Waals surface area contributed by atoms with Crippen LogP contribution < -0.4 is 5.56 Å². The number of aryl methyl sites for hydroxylation is 1. The summed E-state index contributed by atoms with van der Waals surface area (Å²) in [6.45, 7) is 1.60. The van der Waals surface area contributed by atoms with Crippen LogP contribution in [0.2, 0.25) is 0 Å². The first-order valence-corrected chi connectivity index (χ1v) is 5.62. The number of nitrogens with zero attached hydrogens (tertiary/aromatic N) is 4. The molecule has 0 atom stereocenters. The average molecular weight is 276 g/mol. The zero-order valence-corrected chi connectivity index (χ0v) is 9.92. The molecule has 0 saturated carbocycles. The number of halogens is 3. The molecule has 0 radical (unpaired) electrons. The van der Waals surface area contributed by atoms with Gasteiger partial charge < -0.3 is 0 Å². The molecule has 0 bridgehead atoms. The normalized spacial score (nSPS) is 11.8. The number of hydrogen-bond donors (Lipinski definition) is 0. The minimum Gasteiger partial charge on any atom is -0.268 e. The highest BCUT2D eigenvalue weighted by atomic mass is 32.1. The monoisotopic (exact) mass is 276 g/mol. The van der Waals surface area contributed by atoms with Crippen LogP contribution in [0.5, 0.6) is 0 Å². The summed E-state index contributed by atoms with van der Waals surface area (Å²) < 4.78 is 38.0. The molecule has 0 aliphatic carbocycles. The Hall–Kier alpha value is -1.77. The molecule has 5 nitrogen and oxygen atoms in total. The second-order valence-corrected chi connectivity index (χ2v) is 4.69. The quantitative estimate of drug-likeness (QED) is 0.833. The van der Waals surface area contributed by atoms with Gasteiger partial charge in [0.2, 0.25) is 0 Å². The summed E-state index contributed by atoms with van der Waals surface area (Å²) in [5.41, 5.74) is -1.72. The van der Waals surface area contributed by atoms with Gasteiger partial charge in [-0.1, -0.05) is 11.3 Å². The molecule has 9 heteroatoms. The second kappa shape index (κ2) is 4.48. The third kappa shape index (κ3) is 2.73. The van der Waals surface area contributed by atoms with Gasteiger partial charge in [0, 0.05) is 6.07 Å². The van der Waals surface area contributed by atoms with Crippen molar-refractivity contribution in [3.8, 4) is 0 Å². The van der Waals surface area contributed by atoms with E-state index in [1.807, 2.05) is 0 Å². The predicted molar refractivity (Wildman–Crippen MR) is 57.2 cm³/mol. The van der Waals surface area contributed by atoms with Crippen LogP contribution in [-0.2, 0) is 12.7 Å². The Morgan fingerprint density at radius 2 is 2.06 bits per heavy atom. The molecule has 0 aliphatic heterocycles. The Balaban J connectivity index is 2.35. The molecule has 2 rings (SSSR count). The van der Waals surface area contributed by atoms with Crippen LogP contribution in [0.4, 0.5) is 13.2 Å². The Kier molecular flexibility index (Phi) is 3.16. The topological polar surface area (TPSA) is 60.7 Å². The van der Waals surface area contributed by atoms with Crippen molar-refractivity contribution in [1.82, 2.24) is 20.0 Å². The predicted octanol–water partition coefficient (Wildman–Crippen LogP) is 1.47. The molecule has 0 aromatic carbocycles. The first kappa shape index (κ1) is 12.7. The van der Waals surface area contributed by atoms with Gasteiger partial charge in [-0.2, -0.15) is 18.3 Å². The van der Waals surface area contributed by atoms with Gasteiger partial charge in [-0.05, 0) is 13.0 Å². The Morgan fingerprint density at radius 1 is 1.33 bits per heavy atom. The largest absolute Gasteiger partial charge is 0.435 e. The van der Waals surface area contributed by atoms with Gasteiger partial charge in [0.15, 0.2) is 5.69 Å². The summed E-state index contributed by atoms with van der Waals surface area (Å²) in [7, 11) is 0. The molecule has 0 unspecified atom stereocenters. The number of alkyl halides is 3. The van der Waals surface area contributed by atoms with E-state index in [0.717, 1.165) is 10.7 Å². The van der Waals surface area contributed by atoms with E-state index in [2.05, 4.69) is 15.3 Å². The fraction of sp³-hybridized carbons (Fsp3) is 0.333. The molecular formula is C9H7F3N4OS. The molecule has 0 fully saturated rings. The number of aromatic nitrogens is 4. The molecule has 0 spiro atoms. The summed E-state index contributed by atoms with van der Waals surface area (Å²) >= 11 is 1.20. The van der Waals surface area contributed by atoms with Crippen LogP contribution in [0.3, 0.4) is 0 Å². The van der Waals surface area contributed by atoms with Crippen LogP contribution >= 0.6 is 11.3 Å². The number of rotatable bonds is 2. The minimum absolute atomic E-state index is 0.117. The van der Waals surface area contributed by atoms with Crippen LogP contribution in [0.25, 0.3) is 0 Å². The minimum atomic E-state index is -4.58. The second-order valence-electron chi connectivity index (χ2n) is 3.43. The van der Waals surface area contributed by atoms with E-state index in [1.165, 1.54) is 11.3 Å². The smallest absolute Gasteiger partial charge is 0.268 e. The van der Waals surface area contributed by atoms with Crippen LogP contribution in [0.1, 0.15) is 15.7 Å². The van der Waals surface area contributed by atoms with Crippen molar-refractivity contribution < 1.29 is 13.2 Å². The first-order chi connectivity index (χ1) is 8.36. The molecule has 0 N–H and O–H groups in total. The summed E-state index contributed by atoms with van der Waals surface area (Å²) in [6.07, 6.45) is -4.58. The van der Waals surface area contributed by atoms with Gasteiger partial charge in [-0.3, -0.25) is 4.79 Å². The highest BCUT2D eigenvalue weighted by molar-refractivity contribution is 7.11. The molecule has 0 saturated heterocycles. The van der Waals surface area contributed by atoms with E-state index in [4.69, 9.17) is 0 Å². The molecule has 2 aromatic heterocycles. The lowest BCUT2D eigenvalue weighted by atomic mass is 10.4. The van der Waals surface area contributed by atoms with E-state index >= 15 is 0 Å². The lowest BCUT2D eigenvalue weighted by Crippen LogP contribution is -2.26. The summed E-state index contributed by atoms with van der Waals surface area (Å²) in [6, 6.07) is 1.49. The Bertz CT molecular complexity index is 619. The van der Waals surface area contributed by atoms with Crippen LogP contribution in [-0.4, -0.2) is 20.0 Å². The summed E-state index contributed by atoms with van der Waals surface area (Å²) in [5, 5.41) is 11.8. The summed E-state index contributed by atoms with van der Waals surface area (Å²) in [4.78, 5) is 11.4. The lowest BCUT2D eigenvalue weighted by Gasteiger charge is -2.07. The third-order valence-corrected chi connectivity index (χ3v) is 2.83. The molecule has 96 valence electrons. The summed E-state index contributed by atoms with van der Waals surface area (Å²) in [5.74, 6) is 0. The standard InChI is InChI=1S/C9H7F3N4OS/c1-5-13-14-7(18-5)4-16-8(17)3-2-6(15-16)9(10,11)12/h2-3H,4H2,1H3. The van der Waals surface area contributed by atoms with Crippen LogP contribution in [0.15, 0.2) is 16.9 Å². The molecule has 2 aromatic rings. The van der Waals surface area contributed by atoms with Crippen LogP contribution in [0, 0.1) is 6.92 Å². The van der Waals surface area contributed by atoms with E-state index < -0.39 is 17.4 Å². The van der Waals surface area contributed by atoms with Crippen molar-refractivity contribution in [3.05, 3.63) is 38.2 Å². The van der Waals surface area contributed by atoms with Gasteiger partial charge in [-0.25, -0.2) is 4.68 Å². The fourth-order valence-corrected chi connectivity index (χ4v) is 1.93. The van der Waals surface area contributed by atoms with Crippen molar-refractivity contribution in [2.45, 2.75) is 19.6 Å². The maximum absolute atomic E-state index is 12.4. The SMILES string of the molecule is Cc1nnc(Cn2nc(C(F)(F)F)ccc2=O)s1. The third-order valence-electron chi connectivity index (χ3n) is 2.01. The highest BCUT2D eigenvalue weighted by Crippen LogP contribution is 2.26. The number of hydrogen-bond acceptors (Lipinski definition) is 5. The fourth-order valence-electron chi connectivity index (χ4n) is 1.24. The molecule has 0 amide bonds. The van der Waals surface area contributed by atoms with Gasteiger partial charge in [0.1, 0.15) is 10.0 Å². The zero-order valence-electron chi connectivity index (χ0n) is 9.10. The molecule has 18 heavy (non-hydrogen) atoms. The lowest BCUT2D eigenvalue weighted by molar-refractivity contribution is -0.142. The van der Waals surface area contributed by atoms with Gasteiger partial charge in [0.05, 0.1) is 6.54 Å². The first-order valence-electron chi connectivity index (χ1n) is 4.80. The molecule has 2 heterocycles. The van der Waals surface area contributed by atoms with Crippen molar-refractivity contribution >= 4 is 11.3 Å². The van der Waals surface area contributed by atoms with Gasteiger partial charge >= 0.3 is 6.18 Å². The Morgan fingerprint density at radius 3 is 2.61 bits per heavy atom. The highest BCUT2D eigenvalue weighted by Gasteiger charge is 2.33. The van der Waals surface area contributed by atoms with Crippen molar-refractivity contribution in [2.75, 3.05) is 0 Å². The zero-order chi connectivity index (χ0) is 13.3. The maximum atomic E-state index is 12.4. The average Bonchev–Trinajstić information content (AvgIpc) is 2.66. The van der Waals surface area contributed by atoms with Gasteiger partial charge in [0.25, 0.3) is 5.56 Å². The maximum Gasteiger partial charge on any atom is 0.435 e. The van der Waals surface area contributed by atoms with E-state index in [-0.39, 0.29) is 6.54 Å². The van der Waals surface area contributed by atoms with Crippen molar-refractivity contribution in [2.24, 2.45) is 0 Å². The van der Waals surface area contributed by atoms with E-state index in [9.17, 15) is 18.0 Å². The van der Waals surface area contributed by atoms with E-state index in [0.29, 0.717) is 16.1 Å². The molecule has 0 aliphatic rings. The van der Waals surface area contributed by atoms with Crippen molar-refractivity contribution in [1.29, 1.82) is 0 Å². The molecular weight excluding hydrogens is 269 g/mol.